The first kappa shape index (κ1) is 14.3. The Morgan fingerprint density at radius 2 is 1.89 bits per heavy atom. The van der Waals surface area contributed by atoms with Crippen LogP contribution < -0.4 is 4.90 Å². The Balaban J connectivity index is 2.22. The number of halogens is 1. The molecule has 6 heteroatoms. The van der Waals surface area contributed by atoms with Crippen molar-refractivity contribution in [3.63, 3.8) is 0 Å². The molecule has 5 nitrogen and oxygen atoms in total. The van der Waals surface area contributed by atoms with E-state index in [0.717, 1.165) is 30.7 Å². The largest absolute Gasteiger partial charge is 0.362 e. The molecule has 1 saturated heterocycles. The molecule has 1 heterocycles. The lowest BCUT2D eigenvalue weighted by molar-refractivity contribution is -0.384. The van der Waals surface area contributed by atoms with E-state index in [0.29, 0.717) is 11.7 Å². The van der Waals surface area contributed by atoms with E-state index in [1.807, 2.05) is 6.07 Å². The van der Waals surface area contributed by atoms with E-state index >= 15 is 0 Å². The molecule has 0 spiro atoms. The maximum atomic E-state index is 11.1. The zero-order valence-electron chi connectivity index (χ0n) is 11.2. The van der Waals surface area contributed by atoms with Crippen LogP contribution in [0.25, 0.3) is 0 Å². The topological polar surface area (TPSA) is 49.6 Å². The second-order valence-electron chi connectivity index (χ2n) is 4.98. The van der Waals surface area contributed by atoms with Crippen molar-refractivity contribution in [3.8, 4) is 0 Å². The summed E-state index contributed by atoms with van der Waals surface area (Å²) in [6, 6.07) is 5.65. The van der Waals surface area contributed by atoms with E-state index in [4.69, 9.17) is 0 Å². The number of piperazine rings is 1. The van der Waals surface area contributed by atoms with Gasteiger partial charge in [-0.15, -0.1) is 0 Å². The molecule has 0 saturated carbocycles. The van der Waals surface area contributed by atoms with Crippen LogP contribution in [0.2, 0.25) is 0 Å². The summed E-state index contributed by atoms with van der Waals surface area (Å²) in [5.41, 5.74) is 0.878. The quantitative estimate of drug-likeness (QED) is 0.632. The molecule has 0 bridgehead atoms. The molecule has 1 fully saturated rings. The molecule has 0 aromatic heterocycles. The van der Waals surface area contributed by atoms with Crippen LogP contribution >= 0.6 is 15.9 Å². The summed E-state index contributed by atoms with van der Waals surface area (Å²) in [7, 11) is 0. The molecule has 2 rings (SSSR count). The molecular weight excluding hydrogens is 310 g/mol. The minimum atomic E-state index is -0.311. The van der Waals surface area contributed by atoms with Gasteiger partial charge < -0.3 is 4.90 Å². The lowest BCUT2D eigenvalue weighted by Crippen LogP contribution is -2.49. The standard InChI is InChI=1S/C13H18BrN3O2/c1-10(2)15-6-8-16(9-7-15)13-11(14)4-3-5-12(13)17(18)19/h3-5,10H,6-9H2,1-2H3. The van der Waals surface area contributed by atoms with E-state index in [1.54, 1.807) is 12.1 Å². The second-order valence-corrected chi connectivity index (χ2v) is 5.84. The highest BCUT2D eigenvalue weighted by Gasteiger charge is 2.26. The average molecular weight is 328 g/mol. The average Bonchev–Trinajstić information content (AvgIpc) is 2.38. The molecule has 1 aliphatic heterocycles. The van der Waals surface area contributed by atoms with Gasteiger partial charge in [-0.3, -0.25) is 15.0 Å². The van der Waals surface area contributed by atoms with Crippen LogP contribution in [0.1, 0.15) is 13.8 Å². The van der Waals surface area contributed by atoms with E-state index < -0.39 is 0 Å². The van der Waals surface area contributed by atoms with Gasteiger partial charge >= 0.3 is 0 Å². The summed E-state index contributed by atoms with van der Waals surface area (Å²) in [6.45, 7) is 7.88. The normalized spacial score (nSPS) is 16.9. The molecule has 1 aromatic rings. The van der Waals surface area contributed by atoms with Gasteiger partial charge in [0.05, 0.1) is 4.92 Å². The van der Waals surface area contributed by atoms with Gasteiger partial charge in [0.25, 0.3) is 5.69 Å². The predicted octanol–water partition coefficient (Wildman–Crippen LogP) is 2.89. The summed E-state index contributed by atoms with van der Waals surface area (Å²) in [6.07, 6.45) is 0. The first-order chi connectivity index (χ1) is 9.00. The maximum Gasteiger partial charge on any atom is 0.293 e. The number of hydrogen-bond acceptors (Lipinski definition) is 4. The number of nitro groups is 1. The summed E-state index contributed by atoms with van der Waals surface area (Å²) in [5, 5.41) is 11.1. The van der Waals surface area contributed by atoms with Gasteiger partial charge in [-0.2, -0.15) is 0 Å². The fourth-order valence-electron chi connectivity index (χ4n) is 2.43. The number of rotatable bonds is 3. The molecule has 0 radical (unpaired) electrons. The van der Waals surface area contributed by atoms with E-state index in [2.05, 4.69) is 39.6 Å². The SMILES string of the molecule is CC(C)N1CCN(c2c(Br)cccc2[N+](=O)[O-])CC1. The third-order valence-corrected chi connectivity index (χ3v) is 4.16. The van der Waals surface area contributed by atoms with Gasteiger partial charge in [-0.05, 0) is 35.8 Å². The number of nitrogens with zero attached hydrogens (tertiary/aromatic N) is 3. The van der Waals surface area contributed by atoms with Crippen LogP contribution in [-0.2, 0) is 0 Å². The van der Waals surface area contributed by atoms with Gasteiger partial charge in [0.2, 0.25) is 0 Å². The zero-order valence-corrected chi connectivity index (χ0v) is 12.8. The van der Waals surface area contributed by atoms with Crippen molar-refractivity contribution in [3.05, 3.63) is 32.8 Å². The van der Waals surface area contributed by atoms with Crippen LogP contribution in [0.15, 0.2) is 22.7 Å². The molecule has 0 aliphatic carbocycles. The Labute approximate surface area is 121 Å². The highest BCUT2D eigenvalue weighted by atomic mass is 79.9. The van der Waals surface area contributed by atoms with E-state index in [-0.39, 0.29) is 10.6 Å². The molecule has 0 amide bonds. The lowest BCUT2D eigenvalue weighted by atomic mass is 10.2. The predicted molar refractivity (Wildman–Crippen MR) is 79.7 cm³/mol. The van der Waals surface area contributed by atoms with Crippen molar-refractivity contribution in [1.82, 2.24) is 4.90 Å². The molecule has 1 aromatic carbocycles. The minimum absolute atomic E-state index is 0.173. The van der Waals surface area contributed by atoms with Crippen LogP contribution in [0, 0.1) is 10.1 Å². The highest BCUT2D eigenvalue weighted by molar-refractivity contribution is 9.10. The van der Waals surface area contributed by atoms with Crippen molar-refractivity contribution in [2.45, 2.75) is 19.9 Å². The van der Waals surface area contributed by atoms with Crippen LogP contribution in [-0.4, -0.2) is 42.0 Å². The number of para-hydroxylation sites is 1. The first-order valence-corrected chi connectivity index (χ1v) is 7.22. The monoisotopic (exact) mass is 327 g/mol. The summed E-state index contributed by atoms with van der Waals surface area (Å²) in [4.78, 5) is 15.3. The van der Waals surface area contributed by atoms with Crippen LogP contribution in [0.3, 0.4) is 0 Å². The Morgan fingerprint density at radius 1 is 1.26 bits per heavy atom. The zero-order chi connectivity index (χ0) is 14.0. The van der Waals surface area contributed by atoms with Gasteiger partial charge in [0.15, 0.2) is 0 Å². The molecular formula is C13H18BrN3O2. The number of nitro benzene ring substituents is 1. The Hall–Kier alpha value is -1.14. The fraction of sp³-hybridized carbons (Fsp3) is 0.538. The molecule has 19 heavy (non-hydrogen) atoms. The van der Waals surface area contributed by atoms with Crippen LogP contribution in [0.5, 0.6) is 0 Å². The molecule has 104 valence electrons. The molecule has 1 aliphatic rings. The summed E-state index contributed by atoms with van der Waals surface area (Å²) in [5.74, 6) is 0. The van der Waals surface area contributed by atoms with Crippen molar-refractivity contribution >= 4 is 27.3 Å². The van der Waals surface area contributed by atoms with E-state index in [1.165, 1.54) is 0 Å². The summed E-state index contributed by atoms with van der Waals surface area (Å²) >= 11 is 3.44. The molecule has 0 atom stereocenters. The number of benzene rings is 1. The van der Waals surface area contributed by atoms with Gasteiger partial charge in [0.1, 0.15) is 5.69 Å². The molecule has 0 N–H and O–H groups in total. The Kier molecular flexibility index (Phi) is 4.42. The van der Waals surface area contributed by atoms with Gasteiger partial charge in [-0.25, -0.2) is 0 Å². The van der Waals surface area contributed by atoms with Crippen molar-refractivity contribution < 1.29 is 4.92 Å². The van der Waals surface area contributed by atoms with E-state index in [9.17, 15) is 10.1 Å². The van der Waals surface area contributed by atoms with Crippen molar-refractivity contribution in [2.75, 3.05) is 31.1 Å². The maximum absolute atomic E-state index is 11.1. The third kappa shape index (κ3) is 3.06. The van der Waals surface area contributed by atoms with Gasteiger partial charge in [-0.1, -0.05) is 6.07 Å². The third-order valence-electron chi connectivity index (χ3n) is 3.52. The Bertz CT molecular complexity index is 471. The van der Waals surface area contributed by atoms with Crippen molar-refractivity contribution in [2.24, 2.45) is 0 Å². The first-order valence-electron chi connectivity index (χ1n) is 6.42. The second kappa shape index (κ2) is 5.88. The number of hydrogen-bond donors (Lipinski definition) is 0. The lowest BCUT2D eigenvalue weighted by Gasteiger charge is -2.38. The fourth-order valence-corrected chi connectivity index (χ4v) is 3.03. The number of anilines is 1. The Morgan fingerprint density at radius 3 is 2.42 bits per heavy atom. The smallest absolute Gasteiger partial charge is 0.293 e. The summed E-state index contributed by atoms with van der Waals surface area (Å²) < 4.78 is 0.791. The van der Waals surface area contributed by atoms with Crippen LogP contribution in [0.4, 0.5) is 11.4 Å². The van der Waals surface area contributed by atoms with Crippen molar-refractivity contribution in [1.29, 1.82) is 0 Å². The minimum Gasteiger partial charge on any atom is -0.362 e. The molecule has 0 unspecified atom stereocenters. The highest BCUT2D eigenvalue weighted by Crippen LogP contribution is 2.36. The van der Waals surface area contributed by atoms with Gasteiger partial charge in [0, 0.05) is 42.8 Å².